The Bertz CT molecular complexity index is 1220. The maximum Gasteiger partial charge on any atom is 0.260 e. The van der Waals surface area contributed by atoms with Crippen LogP contribution in [0.1, 0.15) is 56.7 Å². The first kappa shape index (κ1) is 23.6. The Labute approximate surface area is 211 Å². The van der Waals surface area contributed by atoms with E-state index in [2.05, 4.69) is 34.5 Å². The Morgan fingerprint density at radius 3 is 2.43 bits per heavy atom. The molecule has 3 aromatic rings. The van der Waals surface area contributed by atoms with Crippen molar-refractivity contribution >= 4 is 29.1 Å². The number of carbonyl (C=O) groups excluding carboxylic acids is 2. The van der Waals surface area contributed by atoms with Crippen molar-refractivity contribution in [1.82, 2.24) is 10.2 Å². The quantitative estimate of drug-likeness (QED) is 0.481. The predicted octanol–water partition coefficient (Wildman–Crippen LogP) is 5.46. The number of hydrogen-bond acceptors (Lipinski definition) is 3. The third kappa shape index (κ3) is 5.42. The van der Waals surface area contributed by atoms with Crippen LogP contribution < -0.4 is 10.2 Å². The molecule has 1 N–H and O–H groups in total. The molecule has 5 nitrogen and oxygen atoms in total. The lowest BCUT2D eigenvalue weighted by Gasteiger charge is -2.26. The molecule has 3 aromatic carbocycles. The summed E-state index contributed by atoms with van der Waals surface area (Å²) in [4.78, 5) is 29.9. The number of rotatable bonds is 7. The van der Waals surface area contributed by atoms with Crippen LogP contribution in [0.3, 0.4) is 0 Å². The molecule has 180 valence electrons. The molecule has 1 saturated heterocycles. The summed E-state index contributed by atoms with van der Waals surface area (Å²) in [7, 11) is 0. The molecule has 0 radical (unpaired) electrons. The third-order valence-electron chi connectivity index (χ3n) is 6.88. The van der Waals surface area contributed by atoms with Crippen molar-refractivity contribution in [2.45, 2.75) is 38.8 Å². The van der Waals surface area contributed by atoms with Crippen LogP contribution in [-0.2, 0) is 19.5 Å². The largest absolute Gasteiger partial charge is 0.352 e. The van der Waals surface area contributed by atoms with Gasteiger partial charge in [0.25, 0.3) is 11.8 Å². The molecule has 1 fully saturated rings. The van der Waals surface area contributed by atoms with Gasteiger partial charge in [0.15, 0.2) is 0 Å². The third-order valence-corrected chi connectivity index (χ3v) is 7.20. The summed E-state index contributed by atoms with van der Waals surface area (Å²) < 4.78 is 0. The minimum atomic E-state index is -0.143. The van der Waals surface area contributed by atoms with Gasteiger partial charge < -0.3 is 10.2 Å². The van der Waals surface area contributed by atoms with E-state index >= 15 is 0 Å². The molecule has 2 amide bonds. The van der Waals surface area contributed by atoms with Gasteiger partial charge in [0.2, 0.25) is 0 Å². The molecule has 0 unspecified atom stereocenters. The molecule has 5 rings (SSSR count). The van der Waals surface area contributed by atoms with Gasteiger partial charge in [-0.3, -0.25) is 14.5 Å². The zero-order chi connectivity index (χ0) is 24.2. The molecule has 2 aliphatic heterocycles. The van der Waals surface area contributed by atoms with Crippen LogP contribution in [0.15, 0.2) is 66.7 Å². The Kier molecular flexibility index (Phi) is 7.16. The zero-order valence-corrected chi connectivity index (χ0v) is 20.6. The van der Waals surface area contributed by atoms with E-state index in [0.29, 0.717) is 34.9 Å². The summed E-state index contributed by atoms with van der Waals surface area (Å²) in [5.74, 6) is -0.275. The van der Waals surface area contributed by atoms with Gasteiger partial charge in [-0.05, 0) is 73.3 Å². The highest BCUT2D eigenvalue weighted by molar-refractivity contribution is 6.35. The summed E-state index contributed by atoms with van der Waals surface area (Å²) in [6.07, 6.45) is 4.73. The topological polar surface area (TPSA) is 52.7 Å². The molecule has 0 atom stereocenters. The van der Waals surface area contributed by atoms with Crippen molar-refractivity contribution < 1.29 is 9.59 Å². The minimum Gasteiger partial charge on any atom is -0.352 e. The van der Waals surface area contributed by atoms with E-state index in [1.807, 2.05) is 24.3 Å². The number of anilines is 1. The highest BCUT2D eigenvalue weighted by Crippen LogP contribution is 2.32. The van der Waals surface area contributed by atoms with Crippen molar-refractivity contribution in [3.63, 3.8) is 0 Å². The highest BCUT2D eigenvalue weighted by atomic mass is 35.5. The number of nitrogens with zero attached hydrogens (tertiary/aromatic N) is 2. The molecule has 0 saturated carbocycles. The number of halogens is 1. The summed E-state index contributed by atoms with van der Waals surface area (Å²) in [6.45, 7) is 4.42. The van der Waals surface area contributed by atoms with Gasteiger partial charge in [-0.1, -0.05) is 60.5 Å². The number of benzene rings is 3. The fraction of sp³-hybridized carbons (Fsp3) is 0.310. The molecule has 0 bridgehead atoms. The Balaban J connectivity index is 1.15. The van der Waals surface area contributed by atoms with Crippen LogP contribution in [0.25, 0.3) is 0 Å². The van der Waals surface area contributed by atoms with Gasteiger partial charge in [0.1, 0.15) is 0 Å². The lowest BCUT2D eigenvalue weighted by molar-refractivity contribution is 0.0951. The van der Waals surface area contributed by atoms with E-state index in [1.165, 1.54) is 43.5 Å². The molecule has 2 aliphatic rings. The number of piperidine rings is 1. The fourth-order valence-electron chi connectivity index (χ4n) is 4.95. The average Bonchev–Trinajstić information content (AvgIpc) is 3.23. The first-order valence-electron chi connectivity index (χ1n) is 12.4. The second-order valence-corrected chi connectivity index (χ2v) is 9.78. The number of carbonyl (C=O) groups is 2. The molecular weight excluding hydrogens is 458 g/mol. The van der Waals surface area contributed by atoms with Crippen molar-refractivity contribution in [3.8, 4) is 0 Å². The first-order valence-corrected chi connectivity index (χ1v) is 12.7. The smallest absolute Gasteiger partial charge is 0.260 e. The zero-order valence-electron chi connectivity index (χ0n) is 19.8. The number of hydrogen-bond donors (Lipinski definition) is 1. The monoisotopic (exact) mass is 487 g/mol. The van der Waals surface area contributed by atoms with Gasteiger partial charge in [-0.2, -0.15) is 0 Å². The molecule has 35 heavy (non-hydrogen) atoms. The molecule has 2 heterocycles. The Hall–Kier alpha value is -3.15. The minimum absolute atomic E-state index is 0.133. The van der Waals surface area contributed by atoms with Crippen LogP contribution in [0.2, 0.25) is 5.02 Å². The summed E-state index contributed by atoms with van der Waals surface area (Å²) in [5.41, 5.74) is 5.23. The van der Waals surface area contributed by atoms with Crippen molar-refractivity contribution in [2.75, 3.05) is 24.5 Å². The van der Waals surface area contributed by atoms with E-state index < -0.39 is 0 Å². The van der Waals surface area contributed by atoms with Crippen molar-refractivity contribution in [2.24, 2.45) is 0 Å². The van der Waals surface area contributed by atoms with Gasteiger partial charge in [-0.25, -0.2) is 0 Å². The summed E-state index contributed by atoms with van der Waals surface area (Å²) in [6, 6.07) is 21.4. The maximum atomic E-state index is 12.9. The normalized spacial score (nSPS) is 15.8. The van der Waals surface area contributed by atoms with Gasteiger partial charge in [0.05, 0.1) is 17.1 Å². The van der Waals surface area contributed by atoms with Crippen LogP contribution >= 0.6 is 11.6 Å². The van der Waals surface area contributed by atoms with Crippen LogP contribution in [0, 0.1) is 0 Å². The van der Waals surface area contributed by atoms with E-state index in [-0.39, 0.29) is 11.8 Å². The van der Waals surface area contributed by atoms with Gasteiger partial charge in [-0.15, -0.1) is 0 Å². The summed E-state index contributed by atoms with van der Waals surface area (Å²) >= 11 is 6.25. The standard InChI is InChI=1S/C29H30ClN3O2/c30-26-9-5-7-24-20-33(29(35)27(24)26)25-8-4-6-23(18-25)28(34)31-15-14-21-10-12-22(13-11-21)19-32-16-2-1-3-17-32/h4-13,18H,1-3,14-17,19-20H2,(H,31,34). The highest BCUT2D eigenvalue weighted by Gasteiger charge is 2.30. The molecule has 6 heteroatoms. The van der Waals surface area contributed by atoms with E-state index in [1.54, 1.807) is 23.1 Å². The number of fused-ring (bicyclic) bond motifs is 1. The molecule has 0 aliphatic carbocycles. The van der Waals surface area contributed by atoms with E-state index in [0.717, 1.165) is 18.5 Å². The second-order valence-electron chi connectivity index (χ2n) is 9.37. The van der Waals surface area contributed by atoms with Crippen LogP contribution in [0.4, 0.5) is 5.69 Å². The predicted molar refractivity (Wildman–Crippen MR) is 140 cm³/mol. The number of nitrogens with one attached hydrogen (secondary N) is 1. The fourth-order valence-corrected chi connectivity index (χ4v) is 5.23. The van der Waals surface area contributed by atoms with Crippen LogP contribution in [0.5, 0.6) is 0 Å². The Morgan fingerprint density at radius 2 is 1.66 bits per heavy atom. The second kappa shape index (κ2) is 10.6. The van der Waals surface area contributed by atoms with Gasteiger partial charge >= 0.3 is 0 Å². The van der Waals surface area contributed by atoms with E-state index in [9.17, 15) is 9.59 Å². The van der Waals surface area contributed by atoms with Gasteiger partial charge in [0, 0.05) is 24.3 Å². The SMILES string of the molecule is O=C(NCCc1ccc(CN2CCCCC2)cc1)c1cccc(N2Cc3cccc(Cl)c3C2=O)c1. The summed E-state index contributed by atoms with van der Waals surface area (Å²) in [5, 5.41) is 3.47. The maximum absolute atomic E-state index is 12.9. The van der Waals surface area contributed by atoms with Crippen molar-refractivity contribution in [1.29, 1.82) is 0 Å². The lowest BCUT2D eigenvalue weighted by Crippen LogP contribution is -2.29. The Morgan fingerprint density at radius 1 is 0.914 bits per heavy atom. The average molecular weight is 488 g/mol. The van der Waals surface area contributed by atoms with E-state index in [4.69, 9.17) is 11.6 Å². The van der Waals surface area contributed by atoms with Crippen molar-refractivity contribution in [3.05, 3.63) is 99.6 Å². The van der Waals surface area contributed by atoms with Crippen LogP contribution in [-0.4, -0.2) is 36.3 Å². The number of likely N-dealkylation sites (tertiary alicyclic amines) is 1. The number of amides is 2. The molecule has 0 aromatic heterocycles. The molecular formula is C29H30ClN3O2. The lowest BCUT2D eigenvalue weighted by atomic mass is 10.1. The molecule has 0 spiro atoms. The first-order chi connectivity index (χ1) is 17.1.